The number of carbonyl (C=O) groups is 3. The number of amides is 1. The van der Waals surface area contributed by atoms with E-state index in [1.165, 1.54) is 18.9 Å². The van der Waals surface area contributed by atoms with Gasteiger partial charge in [-0.15, -0.1) is 0 Å². The van der Waals surface area contributed by atoms with E-state index in [1.807, 2.05) is 6.92 Å². The Balaban J connectivity index is 2.81. The maximum atomic E-state index is 12.1. The lowest BCUT2D eigenvalue weighted by Gasteiger charge is -2.26. The van der Waals surface area contributed by atoms with Gasteiger partial charge in [0.15, 0.2) is 6.04 Å². The molecule has 19 heavy (non-hydrogen) atoms. The highest BCUT2D eigenvalue weighted by Gasteiger charge is 2.42. The first-order chi connectivity index (χ1) is 9.01. The van der Waals surface area contributed by atoms with E-state index in [4.69, 9.17) is 4.74 Å². The lowest BCUT2D eigenvalue weighted by molar-refractivity contribution is -0.153. The van der Waals surface area contributed by atoms with Crippen LogP contribution in [0.4, 0.5) is 0 Å². The molecule has 0 spiro atoms. The fourth-order valence-electron chi connectivity index (χ4n) is 2.12. The van der Waals surface area contributed by atoms with Gasteiger partial charge in [-0.05, 0) is 19.8 Å². The first-order valence-corrected chi connectivity index (χ1v) is 6.51. The predicted molar refractivity (Wildman–Crippen MR) is 67.2 cm³/mol. The SMILES string of the molecule is CCCCC1OCC(C(=O)OC)N1C(=O)CC(C)=O. The maximum absolute atomic E-state index is 12.1. The average molecular weight is 271 g/mol. The van der Waals surface area contributed by atoms with Gasteiger partial charge in [0.25, 0.3) is 0 Å². The molecule has 0 N–H and O–H groups in total. The molecule has 0 bridgehead atoms. The summed E-state index contributed by atoms with van der Waals surface area (Å²) in [5, 5.41) is 0. The highest BCUT2D eigenvalue weighted by molar-refractivity contribution is 5.98. The second kappa shape index (κ2) is 7.23. The van der Waals surface area contributed by atoms with Crippen LogP contribution in [-0.4, -0.2) is 48.5 Å². The topological polar surface area (TPSA) is 72.9 Å². The number of methoxy groups -OCH3 is 1. The summed E-state index contributed by atoms with van der Waals surface area (Å²) in [6.07, 6.45) is 1.88. The lowest BCUT2D eigenvalue weighted by Crippen LogP contribution is -2.46. The van der Waals surface area contributed by atoms with Crippen molar-refractivity contribution in [2.45, 2.75) is 51.8 Å². The monoisotopic (exact) mass is 271 g/mol. The first kappa shape index (κ1) is 15.6. The van der Waals surface area contributed by atoms with E-state index in [-0.39, 0.29) is 24.7 Å². The minimum atomic E-state index is -0.737. The molecular weight excluding hydrogens is 250 g/mol. The highest BCUT2D eigenvalue weighted by atomic mass is 16.5. The van der Waals surface area contributed by atoms with Crippen LogP contribution in [0.3, 0.4) is 0 Å². The molecule has 6 nitrogen and oxygen atoms in total. The Labute approximate surface area is 113 Å². The van der Waals surface area contributed by atoms with Crippen LogP contribution in [0.25, 0.3) is 0 Å². The molecule has 0 radical (unpaired) electrons. The Morgan fingerprint density at radius 1 is 1.37 bits per heavy atom. The van der Waals surface area contributed by atoms with Crippen LogP contribution < -0.4 is 0 Å². The molecule has 0 aromatic rings. The molecule has 1 fully saturated rings. The number of rotatable bonds is 6. The predicted octanol–water partition coefficient (Wildman–Crippen LogP) is 0.882. The number of hydrogen-bond acceptors (Lipinski definition) is 5. The quantitative estimate of drug-likeness (QED) is 0.529. The molecule has 0 aromatic carbocycles. The molecule has 2 atom stereocenters. The van der Waals surface area contributed by atoms with Gasteiger partial charge in [-0.3, -0.25) is 9.59 Å². The van der Waals surface area contributed by atoms with Crippen molar-refractivity contribution in [1.82, 2.24) is 4.90 Å². The van der Waals surface area contributed by atoms with Crippen molar-refractivity contribution < 1.29 is 23.9 Å². The van der Waals surface area contributed by atoms with Gasteiger partial charge < -0.3 is 14.4 Å². The van der Waals surface area contributed by atoms with Gasteiger partial charge in [0.1, 0.15) is 12.0 Å². The maximum Gasteiger partial charge on any atom is 0.331 e. The van der Waals surface area contributed by atoms with Crippen LogP contribution in [-0.2, 0) is 23.9 Å². The van der Waals surface area contributed by atoms with Crippen molar-refractivity contribution in [1.29, 1.82) is 0 Å². The molecule has 108 valence electrons. The minimum absolute atomic E-state index is 0.130. The molecule has 6 heteroatoms. The summed E-state index contributed by atoms with van der Waals surface area (Å²) < 4.78 is 10.2. The van der Waals surface area contributed by atoms with Crippen molar-refractivity contribution in [3.8, 4) is 0 Å². The number of esters is 1. The summed E-state index contributed by atoms with van der Waals surface area (Å²) in [6, 6.07) is -0.737. The molecule has 2 unspecified atom stereocenters. The van der Waals surface area contributed by atoms with E-state index >= 15 is 0 Å². The number of ether oxygens (including phenoxy) is 2. The van der Waals surface area contributed by atoms with Crippen LogP contribution >= 0.6 is 0 Å². The third kappa shape index (κ3) is 4.02. The smallest absolute Gasteiger partial charge is 0.331 e. The van der Waals surface area contributed by atoms with Crippen molar-refractivity contribution in [2.24, 2.45) is 0 Å². The molecule has 1 rings (SSSR count). The molecule has 1 aliphatic heterocycles. The van der Waals surface area contributed by atoms with Crippen LogP contribution in [0.2, 0.25) is 0 Å². The molecule has 1 saturated heterocycles. The van der Waals surface area contributed by atoms with Gasteiger partial charge in [0.2, 0.25) is 5.91 Å². The van der Waals surface area contributed by atoms with Crippen LogP contribution in [0.15, 0.2) is 0 Å². The van der Waals surface area contributed by atoms with Crippen molar-refractivity contribution in [2.75, 3.05) is 13.7 Å². The Hall–Kier alpha value is -1.43. The summed E-state index contributed by atoms with van der Waals surface area (Å²) in [5.74, 6) is -1.10. The summed E-state index contributed by atoms with van der Waals surface area (Å²) in [7, 11) is 1.27. The summed E-state index contributed by atoms with van der Waals surface area (Å²) in [4.78, 5) is 36.2. The summed E-state index contributed by atoms with van der Waals surface area (Å²) in [5.41, 5.74) is 0. The van der Waals surface area contributed by atoms with Gasteiger partial charge in [-0.2, -0.15) is 0 Å². The Morgan fingerprint density at radius 3 is 2.58 bits per heavy atom. The largest absolute Gasteiger partial charge is 0.467 e. The number of hydrogen-bond donors (Lipinski definition) is 0. The third-order valence-electron chi connectivity index (χ3n) is 3.06. The number of nitrogens with zero attached hydrogens (tertiary/aromatic N) is 1. The van der Waals surface area contributed by atoms with Gasteiger partial charge in [-0.25, -0.2) is 4.79 Å². The lowest BCUT2D eigenvalue weighted by atomic mass is 10.1. The zero-order valence-corrected chi connectivity index (χ0v) is 11.7. The van der Waals surface area contributed by atoms with Crippen molar-refractivity contribution in [3.63, 3.8) is 0 Å². The van der Waals surface area contributed by atoms with Crippen LogP contribution in [0.5, 0.6) is 0 Å². The van der Waals surface area contributed by atoms with Gasteiger partial charge in [0, 0.05) is 0 Å². The summed E-state index contributed by atoms with van der Waals surface area (Å²) >= 11 is 0. The van der Waals surface area contributed by atoms with E-state index in [1.54, 1.807) is 0 Å². The van der Waals surface area contributed by atoms with Crippen LogP contribution in [0.1, 0.15) is 39.5 Å². The van der Waals surface area contributed by atoms with Crippen LogP contribution in [0, 0.1) is 0 Å². The number of ketones is 1. The Bertz CT molecular complexity index is 355. The normalized spacial score (nSPS) is 22.4. The van der Waals surface area contributed by atoms with Gasteiger partial charge in [-0.1, -0.05) is 13.3 Å². The Morgan fingerprint density at radius 2 is 2.05 bits per heavy atom. The molecular formula is C13H21NO5. The zero-order chi connectivity index (χ0) is 14.4. The Kier molecular flexibility index (Phi) is 5.95. The molecule has 1 amide bonds. The van der Waals surface area contributed by atoms with Gasteiger partial charge in [0.05, 0.1) is 20.1 Å². The number of carbonyl (C=O) groups excluding carboxylic acids is 3. The third-order valence-corrected chi connectivity index (χ3v) is 3.06. The number of unbranched alkanes of at least 4 members (excludes halogenated alkanes) is 1. The fraction of sp³-hybridized carbons (Fsp3) is 0.769. The van der Waals surface area contributed by atoms with Crippen molar-refractivity contribution in [3.05, 3.63) is 0 Å². The minimum Gasteiger partial charge on any atom is -0.467 e. The first-order valence-electron chi connectivity index (χ1n) is 6.51. The van der Waals surface area contributed by atoms with E-state index in [9.17, 15) is 14.4 Å². The van der Waals surface area contributed by atoms with E-state index < -0.39 is 18.2 Å². The standard InChI is InChI=1S/C13H21NO5/c1-4-5-6-12-14(11(16)7-9(2)15)10(8-19-12)13(17)18-3/h10,12H,4-8H2,1-3H3. The molecule has 1 heterocycles. The molecule has 0 aromatic heterocycles. The average Bonchev–Trinajstić information content (AvgIpc) is 2.78. The fourth-order valence-corrected chi connectivity index (χ4v) is 2.12. The second-order valence-corrected chi connectivity index (χ2v) is 4.65. The van der Waals surface area contributed by atoms with E-state index in [0.717, 1.165) is 12.8 Å². The molecule has 1 aliphatic rings. The van der Waals surface area contributed by atoms with Gasteiger partial charge >= 0.3 is 5.97 Å². The molecule has 0 saturated carbocycles. The molecule has 0 aliphatic carbocycles. The van der Waals surface area contributed by atoms with Crippen molar-refractivity contribution >= 4 is 17.7 Å². The second-order valence-electron chi connectivity index (χ2n) is 4.65. The highest BCUT2D eigenvalue weighted by Crippen LogP contribution is 2.23. The zero-order valence-electron chi connectivity index (χ0n) is 11.7. The van der Waals surface area contributed by atoms with E-state index in [0.29, 0.717) is 6.42 Å². The number of Topliss-reactive ketones (excluding diaryl/α,β-unsaturated/α-hetero) is 1. The van der Waals surface area contributed by atoms with E-state index in [2.05, 4.69) is 4.74 Å². The summed E-state index contributed by atoms with van der Waals surface area (Å²) in [6.45, 7) is 3.52.